The SMILES string of the molecule is Cc1ccc2c(c1)C(C)(C)[C@@H]1CC[C@@H](C)C[C@@H]1N2. The average molecular weight is 243 g/mol. The molecule has 1 heteroatoms. The lowest BCUT2D eigenvalue weighted by Gasteiger charge is -2.50. The van der Waals surface area contributed by atoms with Gasteiger partial charge in [0.15, 0.2) is 0 Å². The lowest BCUT2D eigenvalue weighted by atomic mass is 9.61. The van der Waals surface area contributed by atoms with Crippen molar-refractivity contribution in [2.75, 3.05) is 5.32 Å². The Kier molecular flexibility index (Phi) is 2.69. The van der Waals surface area contributed by atoms with Gasteiger partial charge in [0.25, 0.3) is 0 Å². The molecule has 3 rings (SSSR count). The Morgan fingerprint density at radius 1 is 1.22 bits per heavy atom. The van der Waals surface area contributed by atoms with Gasteiger partial charge in [0.1, 0.15) is 0 Å². The summed E-state index contributed by atoms with van der Waals surface area (Å²) in [6.45, 7) is 9.49. The summed E-state index contributed by atoms with van der Waals surface area (Å²) in [5.41, 5.74) is 4.60. The van der Waals surface area contributed by atoms with Gasteiger partial charge in [0.05, 0.1) is 0 Å². The zero-order valence-corrected chi connectivity index (χ0v) is 12.1. The van der Waals surface area contributed by atoms with Crippen LogP contribution in [0.15, 0.2) is 18.2 Å². The first-order valence-electron chi connectivity index (χ1n) is 7.36. The highest BCUT2D eigenvalue weighted by Gasteiger charge is 2.44. The van der Waals surface area contributed by atoms with Gasteiger partial charge >= 0.3 is 0 Å². The standard InChI is InChI=1S/C17H25N/c1-11-6-8-15-14(9-11)17(3,4)13-7-5-12(2)10-16(13)18-15/h6,8-9,12-13,16,18H,5,7,10H2,1-4H3/t12-,13-,16+/m1/s1. The summed E-state index contributed by atoms with van der Waals surface area (Å²) < 4.78 is 0. The molecular formula is C17H25N. The third-order valence-electron chi connectivity index (χ3n) is 5.25. The Hall–Kier alpha value is -0.980. The van der Waals surface area contributed by atoms with E-state index in [1.165, 1.54) is 36.1 Å². The minimum atomic E-state index is 0.317. The molecule has 1 aliphatic carbocycles. The molecule has 2 aliphatic rings. The molecule has 0 spiro atoms. The van der Waals surface area contributed by atoms with Crippen LogP contribution in [0.2, 0.25) is 0 Å². The number of anilines is 1. The van der Waals surface area contributed by atoms with Crippen LogP contribution in [-0.2, 0) is 5.41 Å². The number of benzene rings is 1. The summed E-state index contributed by atoms with van der Waals surface area (Å²) in [6.07, 6.45) is 4.11. The van der Waals surface area contributed by atoms with Gasteiger partial charge < -0.3 is 5.32 Å². The highest BCUT2D eigenvalue weighted by Crippen LogP contribution is 2.49. The lowest BCUT2D eigenvalue weighted by Crippen LogP contribution is -2.49. The molecule has 1 fully saturated rings. The van der Waals surface area contributed by atoms with Gasteiger partial charge in [-0.1, -0.05) is 44.9 Å². The van der Waals surface area contributed by atoms with Gasteiger partial charge in [-0.05, 0) is 48.6 Å². The molecule has 0 aromatic heterocycles. The Bertz CT molecular complexity index is 461. The number of hydrogen-bond donors (Lipinski definition) is 1. The van der Waals surface area contributed by atoms with Crippen molar-refractivity contribution < 1.29 is 0 Å². The Morgan fingerprint density at radius 3 is 2.78 bits per heavy atom. The van der Waals surface area contributed by atoms with Crippen LogP contribution >= 0.6 is 0 Å². The predicted molar refractivity (Wildman–Crippen MR) is 78.1 cm³/mol. The zero-order chi connectivity index (χ0) is 12.9. The minimum Gasteiger partial charge on any atom is -0.382 e. The predicted octanol–water partition coefficient (Wildman–Crippen LogP) is 4.50. The summed E-state index contributed by atoms with van der Waals surface area (Å²) in [6, 6.07) is 7.58. The summed E-state index contributed by atoms with van der Waals surface area (Å²) in [5.74, 6) is 1.67. The molecule has 18 heavy (non-hydrogen) atoms. The molecule has 0 radical (unpaired) electrons. The fraction of sp³-hybridized carbons (Fsp3) is 0.647. The fourth-order valence-corrected chi connectivity index (χ4v) is 4.12. The van der Waals surface area contributed by atoms with Gasteiger partial charge in [-0.15, -0.1) is 0 Å². The first-order chi connectivity index (χ1) is 8.48. The van der Waals surface area contributed by atoms with E-state index in [1.807, 2.05) is 0 Å². The van der Waals surface area contributed by atoms with E-state index in [0.29, 0.717) is 11.5 Å². The molecule has 0 amide bonds. The van der Waals surface area contributed by atoms with Crippen LogP contribution in [0.1, 0.15) is 51.2 Å². The van der Waals surface area contributed by atoms with Gasteiger partial charge in [-0.25, -0.2) is 0 Å². The third-order valence-corrected chi connectivity index (χ3v) is 5.25. The maximum absolute atomic E-state index is 3.81. The van der Waals surface area contributed by atoms with Gasteiger partial charge in [-0.2, -0.15) is 0 Å². The molecule has 1 N–H and O–H groups in total. The van der Waals surface area contributed by atoms with E-state index in [-0.39, 0.29) is 0 Å². The topological polar surface area (TPSA) is 12.0 Å². The molecule has 1 saturated carbocycles. The van der Waals surface area contributed by atoms with Crippen molar-refractivity contribution >= 4 is 5.69 Å². The van der Waals surface area contributed by atoms with Crippen LogP contribution in [-0.4, -0.2) is 6.04 Å². The van der Waals surface area contributed by atoms with Crippen LogP contribution in [0.25, 0.3) is 0 Å². The summed E-state index contributed by atoms with van der Waals surface area (Å²) in [5, 5.41) is 3.81. The quantitative estimate of drug-likeness (QED) is 0.707. The van der Waals surface area contributed by atoms with E-state index in [2.05, 4.69) is 51.2 Å². The largest absolute Gasteiger partial charge is 0.382 e. The van der Waals surface area contributed by atoms with E-state index in [9.17, 15) is 0 Å². The second kappa shape index (κ2) is 4.01. The first kappa shape index (κ1) is 12.1. The molecule has 0 saturated heterocycles. The van der Waals surface area contributed by atoms with Gasteiger partial charge in [-0.3, -0.25) is 0 Å². The highest BCUT2D eigenvalue weighted by atomic mass is 15.0. The molecule has 1 aromatic rings. The number of fused-ring (bicyclic) bond motifs is 2. The van der Waals surface area contributed by atoms with Crippen molar-refractivity contribution in [3.05, 3.63) is 29.3 Å². The third kappa shape index (κ3) is 1.75. The van der Waals surface area contributed by atoms with Crippen LogP contribution < -0.4 is 5.32 Å². The first-order valence-corrected chi connectivity index (χ1v) is 7.36. The van der Waals surface area contributed by atoms with E-state index in [1.54, 1.807) is 0 Å². The van der Waals surface area contributed by atoms with E-state index >= 15 is 0 Å². The summed E-state index contributed by atoms with van der Waals surface area (Å²) in [7, 11) is 0. The zero-order valence-electron chi connectivity index (χ0n) is 12.1. The smallest absolute Gasteiger partial charge is 0.0380 e. The molecule has 1 nitrogen and oxygen atoms in total. The highest BCUT2D eigenvalue weighted by molar-refractivity contribution is 5.59. The average Bonchev–Trinajstić information content (AvgIpc) is 2.30. The number of hydrogen-bond acceptors (Lipinski definition) is 1. The van der Waals surface area contributed by atoms with Gasteiger partial charge in [0.2, 0.25) is 0 Å². The molecular weight excluding hydrogens is 218 g/mol. The number of aryl methyl sites for hydroxylation is 1. The monoisotopic (exact) mass is 243 g/mol. The van der Waals surface area contributed by atoms with Crippen LogP contribution in [0.5, 0.6) is 0 Å². The second-order valence-corrected chi connectivity index (χ2v) is 7.05. The maximum Gasteiger partial charge on any atom is 0.0380 e. The van der Waals surface area contributed by atoms with Crippen molar-refractivity contribution in [2.24, 2.45) is 11.8 Å². The number of nitrogens with one attached hydrogen (secondary N) is 1. The molecule has 98 valence electrons. The van der Waals surface area contributed by atoms with E-state index in [0.717, 1.165) is 11.8 Å². The Labute approximate surface area is 111 Å². The fourth-order valence-electron chi connectivity index (χ4n) is 4.12. The summed E-state index contributed by atoms with van der Waals surface area (Å²) in [4.78, 5) is 0. The molecule has 1 heterocycles. The van der Waals surface area contributed by atoms with Crippen LogP contribution in [0.4, 0.5) is 5.69 Å². The van der Waals surface area contributed by atoms with Crippen molar-refractivity contribution in [1.29, 1.82) is 0 Å². The van der Waals surface area contributed by atoms with Crippen molar-refractivity contribution in [2.45, 2.75) is 58.4 Å². The molecule has 1 aliphatic heterocycles. The summed E-state index contributed by atoms with van der Waals surface area (Å²) >= 11 is 0. The minimum absolute atomic E-state index is 0.317. The second-order valence-electron chi connectivity index (χ2n) is 7.05. The van der Waals surface area contributed by atoms with Crippen LogP contribution in [0.3, 0.4) is 0 Å². The molecule has 0 bridgehead atoms. The molecule has 3 atom stereocenters. The maximum atomic E-state index is 3.81. The normalized spacial score (nSPS) is 33.2. The lowest BCUT2D eigenvalue weighted by molar-refractivity contribution is 0.174. The van der Waals surface area contributed by atoms with E-state index < -0.39 is 0 Å². The van der Waals surface area contributed by atoms with Gasteiger partial charge in [0, 0.05) is 11.7 Å². The Morgan fingerprint density at radius 2 is 2.00 bits per heavy atom. The Balaban J connectivity index is 2.04. The van der Waals surface area contributed by atoms with Crippen LogP contribution in [0, 0.1) is 18.8 Å². The van der Waals surface area contributed by atoms with E-state index in [4.69, 9.17) is 0 Å². The molecule has 1 aromatic carbocycles. The number of rotatable bonds is 0. The van der Waals surface area contributed by atoms with Crippen molar-refractivity contribution in [1.82, 2.24) is 0 Å². The molecule has 0 unspecified atom stereocenters. The van der Waals surface area contributed by atoms with Crippen molar-refractivity contribution in [3.8, 4) is 0 Å². The van der Waals surface area contributed by atoms with Crippen molar-refractivity contribution in [3.63, 3.8) is 0 Å².